The van der Waals surface area contributed by atoms with Gasteiger partial charge in [-0.3, -0.25) is 9.36 Å². The van der Waals surface area contributed by atoms with Gasteiger partial charge in [0.1, 0.15) is 0 Å². The lowest BCUT2D eigenvalue weighted by atomic mass is 10.2. The second-order valence-corrected chi connectivity index (χ2v) is 8.17. The van der Waals surface area contributed by atoms with Gasteiger partial charge < -0.3 is 18.5 Å². The zero-order valence-electron chi connectivity index (χ0n) is 13.5. The number of rotatable bonds is 11. The second-order valence-electron chi connectivity index (χ2n) is 4.17. The van der Waals surface area contributed by atoms with Gasteiger partial charge in [-0.05, 0) is 39.4 Å². The normalized spacial score (nSPS) is 12.7. The number of hydrogen-bond acceptors (Lipinski definition) is 8. The van der Waals surface area contributed by atoms with Crippen LogP contribution in [0.15, 0.2) is 0 Å². The van der Waals surface area contributed by atoms with Gasteiger partial charge >= 0.3 is 13.6 Å². The minimum atomic E-state index is -3.21. The van der Waals surface area contributed by atoms with Crippen molar-refractivity contribution in [2.45, 2.75) is 38.9 Å². The zero-order chi connectivity index (χ0) is 17.0. The molecule has 0 spiro atoms. The number of thiocarbonyl (C=S) groups is 1. The van der Waals surface area contributed by atoms with Crippen molar-refractivity contribution < 1.29 is 27.9 Å². The molecule has 0 aliphatic heterocycles. The number of carbonyl (C=O) groups is 1. The first-order valence-electron chi connectivity index (χ1n) is 7.19. The fraction of sp³-hybridized carbons (Fsp3) is 0.846. The molecule has 0 aromatic heterocycles. The van der Waals surface area contributed by atoms with Gasteiger partial charge in [0, 0.05) is 11.7 Å². The molecule has 0 fully saturated rings. The number of ether oxygens (including phenoxy) is 2. The summed E-state index contributed by atoms with van der Waals surface area (Å²) >= 11 is 6.38. The van der Waals surface area contributed by atoms with Crippen LogP contribution in [0.25, 0.3) is 0 Å². The highest BCUT2D eigenvalue weighted by Gasteiger charge is 2.30. The predicted molar refractivity (Wildman–Crippen MR) is 92.6 cm³/mol. The van der Waals surface area contributed by atoms with E-state index < -0.39 is 7.60 Å². The molecule has 0 heterocycles. The van der Waals surface area contributed by atoms with Crippen LogP contribution in [0, 0.1) is 0 Å². The number of carbonyl (C=O) groups excluding carboxylic acids is 1. The maximum Gasteiger partial charge on any atom is 0.331 e. The summed E-state index contributed by atoms with van der Waals surface area (Å²) in [6, 6.07) is 0. The third-order valence-electron chi connectivity index (χ3n) is 2.50. The smallest absolute Gasteiger partial charge is 0.331 e. The van der Waals surface area contributed by atoms with Crippen molar-refractivity contribution in [2.75, 3.05) is 33.1 Å². The molecule has 0 N–H and O–H groups in total. The summed E-state index contributed by atoms with van der Waals surface area (Å²) < 4.78 is 33.4. The average Bonchev–Trinajstić information content (AvgIpc) is 2.44. The van der Waals surface area contributed by atoms with Gasteiger partial charge in [-0.15, -0.1) is 0 Å². The molecule has 0 saturated heterocycles. The maximum absolute atomic E-state index is 12.6. The van der Waals surface area contributed by atoms with Crippen molar-refractivity contribution in [1.82, 2.24) is 0 Å². The van der Waals surface area contributed by atoms with E-state index in [4.69, 9.17) is 26.0 Å². The zero-order valence-corrected chi connectivity index (χ0v) is 16.1. The highest BCUT2D eigenvalue weighted by atomic mass is 32.2. The minimum absolute atomic E-state index is 0.170. The predicted octanol–water partition coefficient (Wildman–Crippen LogP) is 3.63. The van der Waals surface area contributed by atoms with Crippen LogP contribution >= 0.6 is 31.6 Å². The van der Waals surface area contributed by atoms with Gasteiger partial charge in [0.25, 0.3) is 0 Å². The Labute approximate surface area is 142 Å². The quantitative estimate of drug-likeness (QED) is 0.309. The fourth-order valence-corrected chi connectivity index (χ4v) is 5.46. The summed E-state index contributed by atoms with van der Waals surface area (Å²) in [5.74, 6) is -0.324. The van der Waals surface area contributed by atoms with E-state index in [1.807, 2.05) is 6.92 Å². The molecule has 1 atom stereocenters. The van der Waals surface area contributed by atoms with Crippen LogP contribution in [0.4, 0.5) is 0 Å². The number of thioether (sulfide) groups is 1. The molecule has 0 aromatic carbocycles. The first-order chi connectivity index (χ1) is 10.4. The molecule has 130 valence electrons. The Balaban J connectivity index is 4.82. The van der Waals surface area contributed by atoms with Crippen molar-refractivity contribution in [1.29, 1.82) is 0 Å². The second kappa shape index (κ2) is 12.3. The molecule has 0 aliphatic rings. The van der Waals surface area contributed by atoms with E-state index in [1.54, 1.807) is 13.8 Å². The molecule has 0 radical (unpaired) electrons. The maximum atomic E-state index is 12.6. The van der Waals surface area contributed by atoms with E-state index in [-0.39, 0.29) is 23.8 Å². The van der Waals surface area contributed by atoms with Gasteiger partial charge in [-0.1, -0.05) is 11.8 Å². The third kappa shape index (κ3) is 9.79. The summed E-state index contributed by atoms with van der Waals surface area (Å²) in [6.07, 6.45) is 0.833. The van der Waals surface area contributed by atoms with Crippen LogP contribution in [-0.4, -0.2) is 48.7 Å². The van der Waals surface area contributed by atoms with E-state index in [2.05, 4.69) is 4.74 Å². The lowest BCUT2D eigenvalue weighted by molar-refractivity contribution is -0.140. The average molecular weight is 372 g/mol. The summed E-state index contributed by atoms with van der Waals surface area (Å²) in [4.78, 5) is 11.3. The van der Waals surface area contributed by atoms with Crippen LogP contribution in [0.3, 0.4) is 0 Å². The summed E-state index contributed by atoms with van der Waals surface area (Å²) in [7, 11) is -1.87. The molecule has 0 amide bonds. The minimum Gasteiger partial charge on any atom is -0.479 e. The molecule has 0 rings (SSSR count). The molecule has 0 bridgehead atoms. The lowest BCUT2D eigenvalue weighted by Gasteiger charge is -2.22. The van der Waals surface area contributed by atoms with Gasteiger partial charge in [0.15, 0.2) is 0 Å². The van der Waals surface area contributed by atoms with Crippen LogP contribution < -0.4 is 0 Å². The Hall–Kier alpha value is -0.140. The fourth-order valence-electron chi connectivity index (χ4n) is 1.64. The largest absolute Gasteiger partial charge is 0.479 e. The Kier molecular flexibility index (Phi) is 12.2. The summed E-state index contributed by atoms with van der Waals surface area (Å²) in [6.45, 7) is 6.40. The molecular formula is C13H25O6PS2. The van der Waals surface area contributed by atoms with Crippen LogP contribution in [-0.2, 0) is 27.9 Å². The first kappa shape index (κ1) is 21.9. The molecular weight excluding hydrogens is 347 g/mol. The Bertz CT molecular complexity index is 381. The van der Waals surface area contributed by atoms with E-state index >= 15 is 0 Å². The Morgan fingerprint density at radius 2 is 1.77 bits per heavy atom. The lowest BCUT2D eigenvalue weighted by Crippen LogP contribution is -2.17. The van der Waals surface area contributed by atoms with Crippen molar-refractivity contribution in [3.63, 3.8) is 0 Å². The number of esters is 1. The third-order valence-corrected chi connectivity index (χ3v) is 6.39. The Morgan fingerprint density at radius 1 is 1.18 bits per heavy atom. The van der Waals surface area contributed by atoms with Crippen molar-refractivity contribution in [2.24, 2.45) is 0 Å². The van der Waals surface area contributed by atoms with E-state index in [0.29, 0.717) is 30.6 Å². The molecule has 0 aromatic rings. The first-order valence-corrected chi connectivity index (χ1v) is 10.2. The molecule has 9 heteroatoms. The Morgan fingerprint density at radius 3 is 2.23 bits per heavy atom. The van der Waals surface area contributed by atoms with E-state index in [1.165, 1.54) is 18.9 Å². The SMILES string of the molecule is CCOC(=S)SC(CCC(=O)OC)CP(=O)(OCC)OCC. The van der Waals surface area contributed by atoms with Gasteiger partial charge in [0.2, 0.25) is 4.38 Å². The van der Waals surface area contributed by atoms with Crippen LogP contribution in [0.1, 0.15) is 33.6 Å². The molecule has 6 nitrogen and oxygen atoms in total. The van der Waals surface area contributed by atoms with Crippen molar-refractivity contribution >= 4 is 41.9 Å². The van der Waals surface area contributed by atoms with E-state index in [0.717, 1.165) is 0 Å². The van der Waals surface area contributed by atoms with Gasteiger partial charge in [-0.2, -0.15) is 0 Å². The molecule has 0 saturated carbocycles. The highest BCUT2D eigenvalue weighted by Crippen LogP contribution is 2.50. The van der Waals surface area contributed by atoms with Crippen molar-refractivity contribution in [3.05, 3.63) is 0 Å². The molecule has 22 heavy (non-hydrogen) atoms. The molecule has 1 unspecified atom stereocenters. The number of methoxy groups -OCH3 is 1. The molecule has 0 aliphatic carbocycles. The van der Waals surface area contributed by atoms with Gasteiger partial charge in [0.05, 0.1) is 33.1 Å². The monoisotopic (exact) mass is 372 g/mol. The van der Waals surface area contributed by atoms with E-state index in [9.17, 15) is 9.36 Å². The van der Waals surface area contributed by atoms with Gasteiger partial charge in [-0.25, -0.2) is 0 Å². The van der Waals surface area contributed by atoms with Crippen molar-refractivity contribution in [3.8, 4) is 0 Å². The van der Waals surface area contributed by atoms with Crippen LogP contribution in [0.2, 0.25) is 0 Å². The number of hydrogen-bond donors (Lipinski definition) is 0. The van der Waals surface area contributed by atoms with Crippen LogP contribution in [0.5, 0.6) is 0 Å². The summed E-state index contributed by atoms with van der Waals surface area (Å²) in [5.41, 5.74) is 0. The highest BCUT2D eigenvalue weighted by molar-refractivity contribution is 8.23. The topological polar surface area (TPSA) is 71.1 Å². The standard InChI is InChI=1S/C13H25O6PS2/c1-5-17-13(21)22-11(8-9-12(14)16-4)10-20(15,18-6-2)19-7-3/h11H,5-10H2,1-4H3. The summed E-state index contributed by atoms with van der Waals surface area (Å²) in [5, 5.41) is -0.206.